The van der Waals surface area contributed by atoms with Crippen LogP contribution in [-0.2, 0) is 6.54 Å². The van der Waals surface area contributed by atoms with Crippen molar-refractivity contribution in [2.24, 2.45) is 5.73 Å². The number of rotatable bonds is 3. The predicted octanol–water partition coefficient (Wildman–Crippen LogP) is 0.510. The zero-order valence-electron chi connectivity index (χ0n) is 6.83. The maximum absolute atomic E-state index is 5.39. The standard InChI is InChI=1S/C8H12N4/c9-3-7-4-11-8(5-10-7)12-6-1-2-6/h4-6H,1-3,9H2,(H,11,12). The largest absolute Gasteiger partial charge is 0.366 e. The van der Waals surface area contributed by atoms with Crippen LogP contribution in [0.2, 0.25) is 0 Å². The second-order valence-electron chi connectivity index (χ2n) is 3.02. The average Bonchev–Trinajstić information content (AvgIpc) is 2.90. The molecule has 0 amide bonds. The molecule has 3 N–H and O–H groups in total. The highest BCUT2D eigenvalue weighted by molar-refractivity contribution is 5.34. The van der Waals surface area contributed by atoms with Crippen molar-refractivity contribution in [1.29, 1.82) is 0 Å². The topological polar surface area (TPSA) is 63.8 Å². The van der Waals surface area contributed by atoms with Crippen molar-refractivity contribution < 1.29 is 0 Å². The molecule has 64 valence electrons. The highest BCUT2D eigenvalue weighted by Crippen LogP contribution is 2.22. The van der Waals surface area contributed by atoms with Crippen LogP contribution in [0.15, 0.2) is 12.4 Å². The quantitative estimate of drug-likeness (QED) is 0.683. The van der Waals surface area contributed by atoms with Crippen LogP contribution in [0.1, 0.15) is 18.5 Å². The van der Waals surface area contributed by atoms with E-state index in [1.807, 2.05) is 0 Å². The molecule has 4 nitrogen and oxygen atoms in total. The molecule has 0 radical (unpaired) electrons. The summed E-state index contributed by atoms with van der Waals surface area (Å²) in [6.07, 6.45) is 5.95. The fourth-order valence-electron chi connectivity index (χ4n) is 0.972. The minimum atomic E-state index is 0.455. The third-order valence-corrected chi connectivity index (χ3v) is 1.84. The molecule has 1 saturated carbocycles. The Morgan fingerprint density at radius 2 is 2.25 bits per heavy atom. The summed E-state index contributed by atoms with van der Waals surface area (Å²) in [6, 6.07) is 0.628. The Kier molecular flexibility index (Phi) is 1.91. The highest BCUT2D eigenvalue weighted by Gasteiger charge is 2.21. The van der Waals surface area contributed by atoms with Gasteiger partial charge in [-0.2, -0.15) is 0 Å². The molecule has 0 aliphatic heterocycles. The van der Waals surface area contributed by atoms with Gasteiger partial charge in [0, 0.05) is 12.6 Å². The Labute approximate surface area is 71.2 Å². The van der Waals surface area contributed by atoms with Gasteiger partial charge in [0.15, 0.2) is 0 Å². The maximum Gasteiger partial charge on any atom is 0.144 e. The predicted molar refractivity (Wildman–Crippen MR) is 46.6 cm³/mol. The van der Waals surface area contributed by atoms with Crippen molar-refractivity contribution in [3.8, 4) is 0 Å². The van der Waals surface area contributed by atoms with Gasteiger partial charge < -0.3 is 11.1 Å². The zero-order chi connectivity index (χ0) is 8.39. The normalized spacial score (nSPS) is 16.1. The number of nitrogens with one attached hydrogen (secondary N) is 1. The summed E-state index contributed by atoms with van der Waals surface area (Å²) in [5.74, 6) is 0.856. The van der Waals surface area contributed by atoms with E-state index in [4.69, 9.17) is 5.73 Å². The molecule has 1 heterocycles. The molecule has 1 aromatic heterocycles. The second kappa shape index (κ2) is 3.06. The van der Waals surface area contributed by atoms with E-state index in [2.05, 4.69) is 15.3 Å². The van der Waals surface area contributed by atoms with E-state index in [1.54, 1.807) is 12.4 Å². The van der Waals surface area contributed by atoms with Gasteiger partial charge in [-0.25, -0.2) is 4.98 Å². The van der Waals surface area contributed by atoms with Crippen LogP contribution in [0.3, 0.4) is 0 Å². The molecular formula is C8H12N4. The number of aromatic nitrogens is 2. The lowest BCUT2D eigenvalue weighted by molar-refractivity contribution is 0.957. The summed E-state index contributed by atoms with van der Waals surface area (Å²) in [4.78, 5) is 8.30. The van der Waals surface area contributed by atoms with Crippen LogP contribution in [0.4, 0.5) is 5.82 Å². The van der Waals surface area contributed by atoms with E-state index >= 15 is 0 Å². The summed E-state index contributed by atoms with van der Waals surface area (Å²) in [5.41, 5.74) is 6.22. The molecule has 1 aromatic rings. The van der Waals surface area contributed by atoms with E-state index in [0.717, 1.165) is 11.5 Å². The Balaban J connectivity index is 2.02. The lowest BCUT2D eigenvalue weighted by Crippen LogP contribution is -2.05. The van der Waals surface area contributed by atoms with Gasteiger partial charge in [-0.1, -0.05) is 0 Å². The summed E-state index contributed by atoms with van der Waals surface area (Å²) < 4.78 is 0. The fraction of sp³-hybridized carbons (Fsp3) is 0.500. The van der Waals surface area contributed by atoms with Crippen LogP contribution in [-0.4, -0.2) is 16.0 Å². The Morgan fingerprint density at radius 3 is 2.75 bits per heavy atom. The van der Waals surface area contributed by atoms with Gasteiger partial charge >= 0.3 is 0 Å². The first-order valence-corrected chi connectivity index (χ1v) is 4.16. The van der Waals surface area contributed by atoms with Crippen LogP contribution in [0.25, 0.3) is 0 Å². The molecule has 1 aliphatic carbocycles. The molecule has 1 aliphatic rings. The van der Waals surface area contributed by atoms with Gasteiger partial charge in [-0.15, -0.1) is 0 Å². The van der Waals surface area contributed by atoms with E-state index < -0.39 is 0 Å². The summed E-state index contributed by atoms with van der Waals surface area (Å²) in [6.45, 7) is 0.455. The van der Waals surface area contributed by atoms with E-state index in [-0.39, 0.29) is 0 Å². The molecule has 1 fully saturated rings. The summed E-state index contributed by atoms with van der Waals surface area (Å²) >= 11 is 0. The Hall–Kier alpha value is -1.16. The van der Waals surface area contributed by atoms with Gasteiger partial charge in [0.05, 0.1) is 18.1 Å². The molecule has 2 rings (SSSR count). The van der Waals surface area contributed by atoms with E-state index in [9.17, 15) is 0 Å². The molecule has 0 spiro atoms. The maximum atomic E-state index is 5.39. The van der Waals surface area contributed by atoms with Crippen LogP contribution >= 0.6 is 0 Å². The average molecular weight is 164 g/mol. The van der Waals surface area contributed by atoms with Crippen LogP contribution in [0, 0.1) is 0 Å². The lowest BCUT2D eigenvalue weighted by atomic mass is 10.4. The summed E-state index contributed by atoms with van der Waals surface area (Å²) in [5, 5.41) is 3.25. The molecular weight excluding hydrogens is 152 g/mol. The molecule has 0 saturated heterocycles. The van der Waals surface area contributed by atoms with Crippen LogP contribution < -0.4 is 11.1 Å². The lowest BCUT2D eigenvalue weighted by Gasteiger charge is -2.02. The minimum Gasteiger partial charge on any atom is -0.366 e. The minimum absolute atomic E-state index is 0.455. The Bertz CT molecular complexity index is 252. The van der Waals surface area contributed by atoms with Gasteiger partial charge in [-0.3, -0.25) is 4.98 Å². The van der Waals surface area contributed by atoms with Crippen LogP contribution in [0.5, 0.6) is 0 Å². The van der Waals surface area contributed by atoms with Crippen molar-refractivity contribution >= 4 is 5.82 Å². The molecule has 0 atom stereocenters. The third-order valence-electron chi connectivity index (χ3n) is 1.84. The van der Waals surface area contributed by atoms with Crippen molar-refractivity contribution in [2.75, 3.05) is 5.32 Å². The molecule has 4 heteroatoms. The van der Waals surface area contributed by atoms with Crippen molar-refractivity contribution in [1.82, 2.24) is 9.97 Å². The number of anilines is 1. The molecule has 0 unspecified atom stereocenters. The van der Waals surface area contributed by atoms with Crippen molar-refractivity contribution in [3.63, 3.8) is 0 Å². The van der Waals surface area contributed by atoms with E-state index in [0.29, 0.717) is 12.6 Å². The molecule has 0 bridgehead atoms. The first kappa shape index (κ1) is 7.49. The van der Waals surface area contributed by atoms with Gasteiger partial charge in [0.1, 0.15) is 5.82 Å². The third kappa shape index (κ3) is 1.71. The first-order valence-electron chi connectivity index (χ1n) is 4.16. The number of hydrogen-bond acceptors (Lipinski definition) is 4. The highest BCUT2D eigenvalue weighted by atomic mass is 15.1. The molecule has 0 aromatic carbocycles. The number of nitrogens with two attached hydrogens (primary N) is 1. The SMILES string of the molecule is NCc1cnc(NC2CC2)cn1. The van der Waals surface area contributed by atoms with Gasteiger partial charge in [0.25, 0.3) is 0 Å². The number of hydrogen-bond donors (Lipinski definition) is 2. The summed E-state index contributed by atoms with van der Waals surface area (Å²) in [7, 11) is 0. The number of nitrogens with zero attached hydrogens (tertiary/aromatic N) is 2. The van der Waals surface area contributed by atoms with Gasteiger partial charge in [0.2, 0.25) is 0 Å². The van der Waals surface area contributed by atoms with Gasteiger partial charge in [-0.05, 0) is 12.8 Å². The smallest absolute Gasteiger partial charge is 0.144 e. The first-order chi connectivity index (χ1) is 5.88. The second-order valence-corrected chi connectivity index (χ2v) is 3.02. The Morgan fingerprint density at radius 1 is 1.42 bits per heavy atom. The monoisotopic (exact) mass is 164 g/mol. The molecule has 12 heavy (non-hydrogen) atoms. The van der Waals surface area contributed by atoms with E-state index in [1.165, 1.54) is 12.8 Å². The van der Waals surface area contributed by atoms with Crippen molar-refractivity contribution in [2.45, 2.75) is 25.4 Å². The zero-order valence-corrected chi connectivity index (χ0v) is 6.83. The fourth-order valence-corrected chi connectivity index (χ4v) is 0.972. The van der Waals surface area contributed by atoms with Crippen molar-refractivity contribution in [3.05, 3.63) is 18.1 Å².